The summed E-state index contributed by atoms with van der Waals surface area (Å²) in [4.78, 5) is 5.15. The molecule has 0 bridgehead atoms. The average Bonchev–Trinajstić information content (AvgIpc) is 2.57. The van der Waals surface area contributed by atoms with Crippen LogP contribution in [0.1, 0.15) is 18.4 Å². The largest absolute Gasteiger partial charge is 0.379 e. The molecule has 4 nitrogen and oxygen atoms in total. The molecule has 21 heavy (non-hydrogen) atoms. The third-order valence-electron chi connectivity index (χ3n) is 4.95. The Morgan fingerprint density at radius 1 is 1.10 bits per heavy atom. The zero-order valence-electron chi connectivity index (χ0n) is 12.8. The van der Waals surface area contributed by atoms with Crippen LogP contribution in [0.3, 0.4) is 0 Å². The van der Waals surface area contributed by atoms with E-state index >= 15 is 0 Å². The summed E-state index contributed by atoms with van der Waals surface area (Å²) in [7, 11) is 0. The SMILES string of the molecule is NCC1(N2CCOCC2)CCCN(Cc2ccccc2)C1. The van der Waals surface area contributed by atoms with Crippen molar-refractivity contribution < 1.29 is 4.74 Å². The van der Waals surface area contributed by atoms with Gasteiger partial charge in [-0.25, -0.2) is 0 Å². The molecule has 2 fully saturated rings. The highest BCUT2D eigenvalue weighted by Gasteiger charge is 2.39. The van der Waals surface area contributed by atoms with E-state index in [1.54, 1.807) is 0 Å². The van der Waals surface area contributed by atoms with E-state index in [2.05, 4.69) is 40.1 Å². The Morgan fingerprint density at radius 3 is 2.57 bits per heavy atom. The van der Waals surface area contributed by atoms with Gasteiger partial charge in [-0.05, 0) is 24.9 Å². The van der Waals surface area contributed by atoms with Crippen LogP contribution in [0.5, 0.6) is 0 Å². The summed E-state index contributed by atoms with van der Waals surface area (Å²) in [6.45, 7) is 7.79. The first-order chi connectivity index (χ1) is 10.3. The van der Waals surface area contributed by atoms with E-state index in [1.807, 2.05) is 0 Å². The maximum atomic E-state index is 6.22. The van der Waals surface area contributed by atoms with Gasteiger partial charge in [0.05, 0.1) is 13.2 Å². The molecule has 0 aliphatic carbocycles. The van der Waals surface area contributed by atoms with Crippen LogP contribution in [-0.2, 0) is 11.3 Å². The van der Waals surface area contributed by atoms with Gasteiger partial charge in [0.1, 0.15) is 0 Å². The van der Waals surface area contributed by atoms with E-state index in [9.17, 15) is 0 Å². The fraction of sp³-hybridized carbons (Fsp3) is 0.647. The Kier molecular flexibility index (Phi) is 4.91. The third kappa shape index (κ3) is 3.46. The highest BCUT2D eigenvalue weighted by molar-refractivity contribution is 5.15. The standard InChI is InChI=1S/C17H27N3O/c18-14-17(20-9-11-21-12-10-20)7-4-8-19(15-17)13-16-5-2-1-3-6-16/h1-3,5-6H,4,7-15,18H2. The van der Waals surface area contributed by atoms with Crippen molar-refractivity contribution in [2.45, 2.75) is 24.9 Å². The number of hydrogen-bond acceptors (Lipinski definition) is 4. The number of benzene rings is 1. The number of hydrogen-bond donors (Lipinski definition) is 1. The van der Waals surface area contributed by atoms with Gasteiger partial charge >= 0.3 is 0 Å². The lowest BCUT2D eigenvalue weighted by molar-refractivity contribution is -0.0498. The second kappa shape index (κ2) is 6.88. The van der Waals surface area contributed by atoms with Crippen LogP contribution in [-0.4, -0.2) is 61.3 Å². The number of morpholine rings is 1. The van der Waals surface area contributed by atoms with Gasteiger partial charge in [0.15, 0.2) is 0 Å². The molecular formula is C17H27N3O. The second-order valence-corrected chi connectivity index (χ2v) is 6.33. The molecule has 1 aromatic carbocycles. The number of nitrogens with zero attached hydrogens (tertiary/aromatic N) is 2. The van der Waals surface area contributed by atoms with Gasteiger partial charge < -0.3 is 10.5 Å². The second-order valence-electron chi connectivity index (χ2n) is 6.33. The van der Waals surface area contributed by atoms with Crippen LogP contribution in [0.15, 0.2) is 30.3 Å². The van der Waals surface area contributed by atoms with Gasteiger partial charge in [-0.1, -0.05) is 30.3 Å². The van der Waals surface area contributed by atoms with Crippen molar-refractivity contribution in [1.29, 1.82) is 0 Å². The van der Waals surface area contributed by atoms with Gasteiger partial charge in [0.2, 0.25) is 0 Å². The molecule has 1 atom stereocenters. The van der Waals surface area contributed by atoms with Gasteiger partial charge in [0, 0.05) is 38.3 Å². The Bertz CT molecular complexity index is 433. The third-order valence-corrected chi connectivity index (χ3v) is 4.95. The molecule has 2 aliphatic heterocycles. The lowest BCUT2D eigenvalue weighted by Gasteiger charge is -2.50. The molecule has 0 amide bonds. The summed E-state index contributed by atoms with van der Waals surface area (Å²) in [5, 5.41) is 0. The van der Waals surface area contributed by atoms with E-state index in [0.717, 1.165) is 45.9 Å². The van der Waals surface area contributed by atoms with E-state index < -0.39 is 0 Å². The molecule has 3 rings (SSSR count). The minimum absolute atomic E-state index is 0.150. The van der Waals surface area contributed by atoms with Crippen LogP contribution < -0.4 is 5.73 Å². The number of ether oxygens (including phenoxy) is 1. The molecule has 116 valence electrons. The van der Waals surface area contributed by atoms with Gasteiger partial charge in [-0.2, -0.15) is 0 Å². The van der Waals surface area contributed by atoms with Crippen LogP contribution in [0.4, 0.5) is 0 Å². The van der Waals surface area contributed by atoms with Crippen molar-refractivity contribution in [1.82, 2.24) is 9.80 Å². The zero-order chi connectivity index (χ0) is 14.5. The quantitative estimate of drug-likeness (QED) is 0.907. The van der Waals surface area contributed by atoms with Crippen LogP contribution >= 0.6 is 0 Å². The predicted molar refractivity (Wildman–Crippen MR) is 85.1 cm³/mol. The monoisotopic (exact) mass is 289 g/mol. The molecule has 2 heterocycles. The number of rotatable bonds is 4. The van der Waals surface area contributed by atoms with E-state index in [-0.39, 0.29) is 5.54 Å². The highest BCUT2D eigenvalue weighted by Crippen LogP contribution is 2.28. The van der Waals surface area contributed by atoms with Crippen LogP contribution in [0.25, 0.3) is 0 Å². The summed E-state index contributed by atoms with van der Waals surface area (Å²) in [6.07, 6.45) is 2.45. The fourth-order valence-corrected chi connectivity index (χ4v) is 3.77. The Labute approximate surface area is 127 Å². The number of piperidine rings is 1. The molecular weight excluding hydrogens is 262 g/mol. The summed E-state index contributed by atoms with van der Waals surface area (Å²) in [5.74, 6) is 0. The molecule has 2 N–H and O–H groups in total. The van der Waals surface area contributed by atoms with E-state index in [0.29, 0.717) is 0 Å². The number of likely N-dealkylation sites (tertiary alicyclic amines) is 1. The maximum absolute atomic E-state index is 6.22. The fourth-order valence-electron chi connectivity index (χ4n) is 3.77. The molecule has 0 spiro atoms. The molecule has 0 aromatic heterocycles. The average molecular weight is 289 g/mol. The van der Waals surface area contributed by atoms with E-state index in [1.165, 1.54) is 24.9 Å². The first kappa shape index (κ1) is 15.0. The minimum Gasteiger partial charge on any atom is -0.379 e. The van der Waals surface area contributed by atoms with Crippen molar-refractivity contribution in [3.8, 4) is 0 Å². The molecule has 2 saturated heterocycles. The lowest BCUT2D eigenvalue weighted by atomic mass is 9.86. The first-order valence-corrected chi connectivity index (χ1v) is 8.12. The summed E-state index contributed by atoms with van der Waals surface area (Å²) >= 11 is 0. The zero-order valence-corrected chi connectivity index (χ0v) is 12.8. The maximum Gasteiger partial charge on any atom is 0.0594 e. The van der Waals surface area contributed by atoms with Crippen molar-refractivity contribution in [3.05, 3.63) is 35.9 Å². The van der Waals surface area contributed by atoms with Crippen molar-refractivity contribution in [3.63, 3.8) is 0 Å². The van der Waals surface area contributed by atoms with Crippen molar-refractivity contribution >= 4 is 0 Å². The lowest BCUT2D eigenvalue weighted by Crippen LogP contribution is -2.64. The summed E-state index contributed by atoms with van der Waals surface area (Å²) < 4.78 is 5.51. The van der Waals surface area contributed by atoms with Gasteiger partial charge in [0.25, 0.3) is 0 Å². The highest BCUT2D eigenvalue weighted by atomic mass is 16.5. The Balaban J connectivity index is 1.68. The molecule has 1 unspecified atom stereocenters. The molecule has 4 heteroatoms. The Morgan fingerprint density at radius 2 is 1.86 bits per heavy atom. The van der Waals surface area contributed by atoms with Crippen LogP contribution in [0, 0.1) is 0 Å². The molecule has 2 aliphatic rings. The van der Waals surface area contributed by atoms with Gasteiger partial charge in [-0.3, -0.25) is 9.80 Å². The van der Waals surface area contributed by atoms with Crippen molar-refractivity contribution in [2.75, 3.05) is 45.9 Å². The predicted octanol–water partition coefficient (Wildman–Crippen LogP) is 1.31. The summed E-state index contributed by atoms with van der Waals surface area (Å²) in [6, 6.07) is 10.8. The normalized spacial score (nSPS) is 28.6. The molecule has 1 aromatic rings. The topological polar surface area (TPSA) is 41.7 Å². The van der Waals surface area contributed by atoms with Gasteiger partial charge in [-0.15, -0.1) is 0 Å². The Hall–Kier alpha value is -0.940. The first-order valence-electron chi connectivity index (χ1n) is 8.12. The molecule has 0 saturated carbocycles. The molecule has 0 radical (unpaired) electrons. The minimum atomic E-state index is 0.150. The summed E-state index contributed by atoms with van der Waals surface area (Å²) in [5.41, 5.74) is 7.76. The van der Waals surface area contributed by atoms with E-state index in [4.69, 9.17) is 10.5 Å². The number of nitrogens with two attached hydrogens (primary N) is 1. The van der Waals surface area contributed by atoms with Crippen LogP contribution in [0.2, 0.25) is 0 Å². The van der Waals surface area contributed by atoms with Crippen molar-refractivity contribution in [2.24, 2.45) is 5.73 Å². The smallest absolute Gasteiger partial charge is 0.0594 e.